The van der Waals surface area contributed by atoms with Gasteiger partial charge >= 0.3 is 5.97 Å². The van der Waals surface area contributed by atoms with Gasteiger partial charge in [-0.25, -0.2) is 4.79 Å². The van der Waals surface area contributed by atoms with E-state index in [9.17, 15) is 9.59 Å². The summed E-state index contributed by atoms with van der Waals surface area (Å²) < 4.78 is 15.4. The molecule has 0 fully saturated rings. The van der Waals surface area contributed by atoms with E-state index in [0.717, 1.165) is 0 Å². The van der Waals surface area contributed by atoms with Crippen molar-refractivity contribution >= 4 is 12.4 Å². The van der Waals surface area contributed by atoms with Crippen LogP contribution in [0.25, 0.3) is 0 Å². The average molecular weight is 269 g/mol. The molecular formula is C12H15NO6. The fourth-order valence-electron chi connectivity index (χ4n) is 1.71. The molecule has 0 radical (unpaired) electrons. The van der Waals surface area contributed by atoms with E-state index in [1.54, 1.807) is 6.07 Å². The second-order valence-corrected chi connectivity index (χ2v) is 3.48. The SMILES string of the molecule is COc1ccc(C(NC=O)C(=O)O)c(OC)c1OC. The summed E-state index contributed by atoms with van der Waals surface area (Å²) >= 11 is 0. The normalized spacial score (nSPS) is 11.3. The summed E-state index contributed by atoms with van der Waals surface area (Å²) in [5.74, 6) is -0.346. The van der Waals surface area contributed by atoms with Gasteiger partial charge in [-0.15, -0.1) is 0 Å². The van der Waals surface area contributed by atoms with Crippen LogP contribution in [0.4, 0.5) is 0 Å². The van der Waals surface area contributed by atoms with Gasteiger partial charge in [-0.05, 0) is 12.1 Å². The van der Waals surface area contributed by atoms with Gasteiger partial charge in [0, 0.05) is 5.56 Å². The molecule has 1 unspecified atom stereocenters. The van der Waals surface area contributed by atoms with E-state index in [1.807, 2.05) is 0 Å². The Bertz CT molecular complexity index is 474. The molecule has 19 heavy (non-hydrogen) atoms. The van der Waals surface area contributed by atoms with Crippen LogP contribution in [0.2, 0.25) is 0 Å². The maximum Gasteiger partial charge on any atom is 0.331 e. The average Bonchev–Trinajstić information content (AvgIpc) is 2.42. The zero-order chi connectivity index (χ0) is 14.4. The summed E-state index contributed by atoms with van der Waals surface area (Å²) in [5, 5.41) is 11.3. The Labute approximate surface area is 110 Å². The van der Waals surface area contributed by atoms with Crippen molar-refractivity contribution in [1.82, 2.24) is 5.32 Å². The molecule has 104 valence electrons. The number of carbonyl (C=O) groups is 2. The molecule has 1 aromatic carbocycles. The summed E-state index contributed by atoms with van der Waals surface area (Å²) in [6.07, 6.45) is 0.314. The number of carbonyl (C=O) groups excluding carboxylic acids is 1. The van der Waals surface area contributed by atoms with Crippen molar-refractivity contribution in [3.63, 3.8) is 0 Å². The van der Waals surface area contributed by atoms with Crippen molar-refractivity contribution < 1.29 is 28.9 Å². The monoisotopic (exact) mass is 269 g/mol. The van der Waals surface area contributed by atoms with E-state index >= 15 is 0 Å². The molecule has 1 atom stereocenters. The van der Waals surface area contributed by atoms with Gasteiger partial charge in [0.25, 0.3) is 0 Å². The molecule has 0 aliphatic heterocycles. The highest BCUT2D eigenvalue weighted by molar-refractivity contribution is 5.80. The van der Waals surface area contributed by atoms with Crippen molar-refractivity contribution in [3.05, 3.63) is 17.7 Å². The molecule has 0 saturated carbocycles. The summed E-state index contributed by atoms with van der Waals surface area (Å²) in [5.41, 5.74) is 0.264. The lowest BCUT2D eigenvalue weighted by Crippen LogP contribution is -2.27. The summed E-state index contributed by atoms with van der Waals surface area (Å²) in [6.45, 7) is 0. The maximum atomic E-state index is 11.2. The van der Waals surface area contributed by atoms with Gasteiger partial charge in [-0.3, -0.25) is 4.79 Å². The van der Waals surface area contributed by atoms with E-state index in [-0.39, 0.29) is 17.1 Å². The lowest BCUT2D eigenvalue weighted by Gasteiger charge is -2.19. The van der Waals surface area contributed by atoms with E-state index in [2.05, 4.69) is 5.32 Å². The van der Waals surface area contributed by atoms with Gasteiger partial charge in [0.2, 0.25) is 12.2 Å². The summed E-state index contributed by atoms with van der Waals surface area (Å²) in [6, 6.07) is 1.81. The Kier molecular flexibility index (Phi) is 4.99. The molecule has 7 heteroatoms. The molecule has 0 spiro atoms. The second-order valence-electron chi connectivity index (χ2n) is 3.48. The number of carboxylic acid groups (broad SMARTS) is 1. The van der Waals surface area contributed by atoms with Crippen molar-refractivity contribution in [2.24, 2.45) is 0 Å². The lowest BCUT2D eigenvalue weighted by molar-refractivity contribution is -0.140. The molecule has 1 amide bonds. The fraction of sp³-hybridized carbons (Fsp3) is 0.333. The van der Waals surface area contributed by atoms with E-state index in [1.165, 1.54) is 27.4 Å². The van der Waals surface area contributed by atoms with Crippen molar-refractivity contribution in [2.75, 3.05) is 21.3 Å². The zero-order valence-electron chi connectivity index (χ0n) is 10.8. The number of nitrogens with one attached hydrogen (secondary N) is 1. The minimum Gasteiger partial charge on any atom is -0.493 e. The number of hydrogen-bond donors (Lipinski definition) is 2. The third kappa shape index (κ3) is 2.87. The first-order valence-corrected chi connectivity index (χ1v) is 5.32. The van der Waals surface area contributed by atoms with Crippen molar-refractivity contribution in [1.29, 1.82) is 0 Å². The predicted octanol–water partition coefficient (Wildman–Crippen LogP) is 0.584. The number of carboxylic acids is 1. The van der Waals surface area contributed by atoms with Crippen molar-refractivity contribution in [2.45, 2.75) is 6.04 Å². The summed E-state index contributed by atoms with van der Waals surface area (Å²) in [7, 11) is 4.24. The molecule has 0 bridgehead atoms. The Morgan fingerprint density at radius 3 is 2.26 bits per heavy atom. The van der Waals surface area contributed by atoms with Crippen LogP contribution in [-0.2, 0) is 9.59 Å². The largest absolute Gasteiger partial charge is 0.493 e. The van der Waals surface area contributed by atoms with E-state index in [4.69, 9.17) is 19.3 Å². The second kappa shape index (κ2) is 6.48. The standard InChI is InChI=1S/C12H15NO6/c1-17-8-5-4-7(9(12(15)16)13-6-14)10(18-2)11(8)19-3/h4-6,9H,1-3H3,(H,13,14)(H,15,16). The smallest absolute Gasteiger partial charge is 0.331 e. The first-order chi connectivity index (χ1) is 9.10. The molecule has 0 aliphatic rings. The number of aliphatic carboxylic acids is 1. The Hall–Kier alpha value is -2.44. The van der Waals surface area contributed by atoms with Gasteiger partial charge < -0.3 is 24.6 Å². The molecule has 7 nitrogen and oxygen atoms in total. The number of benzene rings is 1. The van der Waals surface area contributed by atoms with Gasteiger partial charge in [-0.2, -0.15) is 0 Å². The Morgan fingerprint density at radius 1 is 1.21 bits per heavy atom. The highest BCUT2D eigenvalue weighted by Gasteiger charge is 2.26. The van der Waals surface area contributed by atoms with Crippen LogP contribution in [0.15, 0.2) is 12.1 Å². The number of rotatable bonds is 7. The van der Waals surface area contributed by atoms with Crippen LogP contribution in [0.3, 0.4) is 0 Å². The molecule has 2 N–H and O–H groups in total. The Morgan fingerprint density at radius 2 is 1.84 bits per heavy atom. The molecule has 0 heterocycles. The van der Waals surface area contributed by atoms with E-state index in [0.29, 0.717) is 12.2 Å². The quantitative estimate of drug-likeness (QED) is 0.703. The summed E-state index contributed by atoms with van der Waals surface area (Å²) in [4.78, 5) is 21.7. The minimum absolute atomic E-state index is 0.198. The van der Waals surface area contributed by atoms with Gasteiger partial charge in [0.1, 0.15) is 0 Å². The minimum atomic E-state index is -1.23. The topological polar surface area (TPSA) is 94.1 Å². The highest BCUT2D eigenvalue weighted by atomic mass is 16.5. The first-order valence-electron chi connectivity index (χ1n) is 5.32. The molecule has 1 aromatic rings. The first kappa shape index (κ1) is 14.6. The molecule has 1 rings (SSSR count). The lowest BCUT2D eigenvalue weighted by atomic mass is 10.0. The van der Waals surface area contributed by atoms with Crippen LogP contribution >= 0.6 is 0 Å². The van der Waals surface area contributed by atoms with Gasteiger partial charge in [0.05, 0.1) is 21.3 Å². The Balaban J connectivity index is 3.41. The van der Waals surface area contributed by atoms with Crippen LogP contribution in [0.1, 0.15) is 11.6 Å². The third-order valence-electron chi connectivity index (χ3n) is 2.53. The molecular weight excluding hydrogens is 254 g/mol. The van der Waals surface area contributed by atoms with Crippen LogP contribution in [0, 0.1) is 0 Å². The van der Waals surface area contributed by atoms with Gasteiger partial charge in [0.15, 0.2) is 17.5 Å². The number of methoxy groups -OCH3 is 3. The molecule has 0 aliphatic carbocycles. The maximum absolute atomic E-state index is 11.2. The van der Waals surface area contributed by atoms with Crippen molar-refractivity contribution in [3.8, 4) is 17.2 Å². The van der Waals surface area contributed by atoms with Crippen LogP contribution < -0.4 is 19.5 Å². The predicted molar refractivity (Wildman–Crippen MR) is 65.7 cm³/mol. The molecule has 0 aromatic heterocycles. The number of ether oxygens (including phenoxy) is 3. The van der Waals surface area contributed by atoms with Gasteiger partial charge in [-0.1, -0.05) is 0 Å². The number of hydrogen-bond acceptors (Lipinski definition) is 5. The highest BCUT2D eigenvalue weighted by Crippen LogP contribution is 2.41. The fourth-order valence-corrected chi connectivity index (χ4v) is 1.71. The van der Waals surface area contributed by atoms with Crippen LogP contribution in [-0.4, -0.2) is 38.8 Å². The third-order valence-corrected chi connectivity index (χ3v) is 2.53. The number of amides is 1. The van der Waals surface area contributed by atoms with E-state index < -0.39 is 12.0 Å². The molecule has 0 saturated heterocycles. The van der Waals surface area contributed by atoms with Crippen LogP contribution in [0.5, 0.6) is 17.2 Å². The zero-order valence-corrected chi connectivity index (χ0v) is 10.8.